The maximum absolute atomic E-state index is 12.9. The second-order valence-electron chi connectivity index (χ2n) is 7.92. The summed E-state index contributed by atoms with van der Waals surface area (Å²) in [6.07, 6.45) is 1.73. The molecule has 26 heavy (non-hydrogen) atoms. The second-order valence-corrected chi connectivity index (χ2v) is 11.3. The van der Waals surface area contributed by atoms with Crippen molar-refractivity contribution >= 4 is 43.0 Å². The van der Waals surface area contributed by atoms with E-state index >= 15 is 0 Å². The van der Waals surface area contributed by atoms with E-state index in [-0.39, 0.29) is 18.3 Å². The number of hydrogen-bond donors (Lipinski definition) is 2. The fourth-order valence-electron chi connectivity index (χ4n) is 3.17. The SMILES string of the molecule is CC(C)(C)c1nc2ccc(NC(=O)C3(S(C)(=O)=O)CCNCC3)cc2s1. The zero-order chi connectivity index (χ0) is 19.2. The van der Waals surface area contributed by atoms with E-state index in [2.05, 4.69) is 36.4 Å². The van der Waals surface area contributed by atoms with Crippen LogP contribution in [0.15, 0.2) is 18.2 Å². The van der Waals surface area contributed by atoms with E-state index in [1.165, 1.54) is 0 Å². The first-order chi connectivity index (χ1) is 12.0. The van der Waals surface area contributed by atoms with E-state index < -0.39 is 20.5 Å². The molecule has 1 aliphatic rings. The Labute approximate surface area is 158 Å². The van der Waals surface area contributed by atoms with Crippen molar-refractivity contribution in [1.82, 2.24) is 10.3 Å². The van der Waals surface area contributed by atoms with Crippen LogP contribution >= 0.6 is 11.3 Å². The van der Waals surface area contributed by atoms with Crippen LogP contribution in [-0.2, 0) is 20.0 Å². The Hall–Kier alpha value is -1.51. The molecule has 3 rings (SSSR count). The predicted molar refractivity (Wildman–Crippen MR) is 107 cm³/mol. The third kappa shape index (κ3) is 3.50. The molecule has 1 amide bonds. The van der Waals surface area contributed by atoms with E-state index in [1.807, 2.05) is 12.1 Å². The number of fused-ring (bicyclic) bond motifs is 1. The summed E-state index contributed by atoms with van der Waals surface area (Å²) in [5.41, 5.74) is 1.45. The molecule has 2 aromatic rings. The third-order valence-electron chi connectivity index (χ3n) is 4.82. The smallest absolute Gasteiger partial charge is 0.245 e. The van der Waals surface area contributed by atoms with E-state index in [1.54, 1.807) is 17.4 Å². The highest BCUT2D eigenvalue weighted by atomic mass is 32.2. The van der Waals surface area contributed by atoms with E-state index in [9.17, 15) is 13.2 Å². The maximum atomic E-state index is 12.9. The largest absolute Gasteiger partial charge is 0.325 e. The average Bonchev–Trinajstić information content (AvgIpc) is 2.98. The van der Waals surface area contributed by atoms with Crippen LogP contribution in [0.1, 0.15) is 38.6 Å². The quantitative estimate of drug-likeness (QED) is 0.834. The third-order valence-corrected chi connectivity index (χ3v) is 8.28. The van der Waals surface area contributed by atoms with Crippen LogP contribution in [0.3, 0.4) is 0 Å². The lowest BCUT2D eigenvalue weighted by Crippen LogP contribution is -2.55. The number of carbonyl (C=O) groups excluding carboxylic acids is 1. The van der Waals surface area contributed by atoms with Gasteiger partial charge < -0.3 is 10.6 Å². The molecule has 2 N–H and O–H groups in total. The van der Waals surface area contributed by atoms with Gasteiger partial charge in [0, 0.05) is 17.4 Å². The number of nitrogens with zero attached hydrogens (tertiary/aromatic N) is 1. The first kappa shape index (κ1) is 19.3. The Kier molecular flexibility index (Phi) is 4.87. The summed E-state index contributed by atoms with van der Waals surface area (Å²) in [7, 11) is -3.53. The molecule has 0 spiro atoms. The van der Waals surface area contributed by atoms with Gasteiger partial charge >= 0.3 is 0 Å². The average molecular weight is 396 g/mol. The Morgan fingerprint density at radius 2 is 1.92 bits per heavy atom. The van der Waals surface area contributed by atoms with Crippen molar-refractivity contribution < 1.29 is 13.2 Å². The highest BCUT2D eigenvalue weighted by molar-refractivity contribution is 7.92. The van der Waals surface area contributed by atoms with Crippen molar-refractivity contribution in [3.05, 3.63) is 23.2 Å². The lowest BCUT2D eigenvalue weighted by Gasteiger charge is -2.34. The molecule has 0 unspecified atom stereocenters. The molecule has 1 saturated heterocycles. The topological polar surface area (TPSA) is 88.2 Å². The van der Waals surface area contributed by atoms with Gasteiger partial charge in [0.15, 0.2) is 14.6 Å². The van der Waals surface area contributed by atoms with E-state index in [4.69, 9.17) is 0 Å². The minimum absolute atomic E-state index is 0.0391. The van der Waals surface area contributed by atoms with Gasteiger partial charge in [-0.15, -0.1) is 11.3 Å². The molecule has 0 aliphatic carbocycles. The molecule has 0 saturated carbocycles. The number of thiazole rings is 1. The van der Waals surface area contributed by atoms with Crippen molar-refractivity contribution in [2.75, 3.05) is 24.7 Å². The molecule has 6 nitrogen and oxygen atoms in total. The summed E-state index contributed by atoms with van der Waals surface area (Å²) in [4.78, 5) is 17.6. The van der Waals surface area contributed by atoms with Crippen LogP contribution < -0.4 is 10.6 Å². The molecule has 8 heteroatoms. The van der Waals surface area contributed by atoms with Crippen LogP contribution in [0.2, 0.25) is 0 Å². The van der Waals surface area contributed by atoms with Crippen molar-refractivity contribution in [1.29, 1.82) is 0 Å². The molecule has 0 radical (unpaired) electrons. The first-order valence-corrected chi connectivity index (χ1v) is 11.4. The van der Waals surface area contributed by atoms with Gasteiger partial charge in [0.25, 0.3) is 0 Å². The van der Waals surface area contributed by atoms with Crippen LogP contribution in [0.5, 0.6) is 0 Å². The number of amides is 1. The number of anilines is 1. The van der Waals surface area contributed by atoms with Crippen LogP contribution in [0, 0.1) is 0 Å². The Balaban J connectivity index is 1.91. The maximum Gasteiger partial charge on any atom is 0.245 e. The minimum atomic E-state index is -3.53. The van der Waals surface area contributed by atoms with Crippen LogP contribution in [-0.4, -0.2) is 43.4 Å². The molecular weight excluding hydrogens is 370 g/mol. The van der Waals surface area contributed by atoms with E-state index in [0.29, 0.717) is 18.8 Å². The molecule has 0 atom stereocenters. The molecular formula is C18H25N3O3S2. The minimum Gasteiger partial charge on any atom is -0.325 e. The van der Waals surface area contributed by atoms with Gasteiger partial charge in [-0.05, 0) is 44.1 Å². The summed E-state index contributed by atoms with van der Waals surface area (Å²) in [6.45, 7) is 7.37. The number of aromatic nitrogens is 1. The standard InChI is InChI=1S/C18H25N3O3S2/c1-17(2,3)16-21-13-6-5-12(11-14(13)25-16)20-15(22)18(26(4,23)24)7-9-19-10-8-18/h5-6,11,19H,7-10H2,1-4H3,(H,20,22). The van der Waals surface area contributed by atoms with Gasteiger partial charge in [-0.2, -0.15) is 0 Å². The lowest BCUT2D eigenvalue weighted by molar-refractivity contribution is -0.119. The van der Waals surface area contributed by atoms with Crippen LogP contribution in [0.25, 0.3) is 10.2 Å². The molecule has 0 bridgehead atoms. The monoisotopic (exact) mass is 395 g/mol. The molecule has 1 aromatic heterocycles. The summed E-state index contributed by atoms with van der Waals surface area (Å²) < 4.78 is 24.4. The summed E-state index contributed by atoms with van der Waals surface area (Å²) >= 11 is 1.60. The van der Waals surface area contributed by atoms with Crippen molar-refractivity contribution in [3.63, 3.8) is 0 Å². The predicted octanol–water partition coefficient (Wildman–Crippen LogP) is 2.70. The number of carbonyl (C=O) groups is 1. The summed E-state index contributed by atoms with van der Waals surface area (Å²) in [5, 5.41) is 6.98. The van der Waals surface area contributed by atoms with Crippen molar-refractivity contribution in [3.8, 4) is 0 Å². The van der Waals surface area contributed by atoms with Crippen molar-refractivity contribution in [2.24, 2.45) is 0 Å². The highest BCUT2D eigenvalue weighted by Gasteiger charge is 2.48. The highest BCUT2D eigenvalue weighted by Crippen LogP contribution is 2.34. The normalized spacial score (nSPS) is 18.0. The Morgan fingerprint density at radius 3 is 2.50 bits per heavy atom. The molecule has 1 fully saturated rings. The zero-order valence-corrected chi connectivity index (χ0v) is 17.2. The van der Waals surface area contributed by atoms with Crippen molar-refractivity contribution in [2.45, 2.75) is 43.8 Å². The summed E-state index contributed by atoms with van der Waals surface area (Å²) in [6, 6.07) is 5.52. The Morgan fingerprint density at radius 1 is 1.27 bits per heavy atom. The second kappa shape index (κ2) is 6.58. The fourth-order valence-corrected chi connectivity index (χ4v) is 5.56. The summed E-state index contributed by atoms with van der Waals surface area (Å²) in [5.74, 6) is -0.443. The number of piperidine rings is 1. The van der Waals surface area contributed by atoms with Gasteiger partial charge in [0.05, 0.1) is 15.2 Å². The Bertz CT molecular complexity index is 936. The van der Waals surface area contributed by atoms with E-state index in [0.717, 1.165) is 21.5 Å². The fraction of sp³-hybridized carbons (Fsp3) is 0.556. The molecule has 1 aromatic carbocycles. The van der Waals surface area contributed by atoms with Gasteiger partial charge in [-0.3, -0.25) is 4.79 Å². The van der Waals surface area contributed by atoms with Crippen LogP contribution in [0.4, 0.5) is 5.69 Å². The first-order valence-electron chi connectivity index (χ1n) is 8.66. The zero-order valence-electron chi connectivity index (χ0n) is 15.5. The molecule has 142 valence electrons. The number of rotatable bonds is 3. The molecule has 2 heterocycles. The number of hydrogen-bond acceptors (Lipinski definition) is 6. The number of nitrogens with one attached hydrogen (secondary N) is 2. The van der Waals surface area contributed by atoms with Gasteiger partial charge in [-0.25, -0.2) is 13.4 Å². The number of benzene rings is 1. The van der Waals surface area contributed by atoms with Gasteiger partial charge in [0.2, 0.25) is 5.91 Å². The lowest BCUT2D eigenvalue weighted by atomic mass is 9.95. The van der Waals surface area contributed by atoms with Gasteiger partial charge in [-0.1, -0.05) is 20.8 Å². The van der Waals surface area contributed by atoms with Gasteiger partial charge in [0.1, 0.15) is 0 Å². The molecule has 1 aliphatic heterocycles. The number of sulfone groups is 1.